The van der Waals surface area contributed by atoms with Gasteiger partial charge >= 0.3 is 0 Å². The Morgan fingerprint density at radius 3 is 2.16 bits per heavy atom. The van der Waals surface area contributed by atoms with Crippen molar-refractivity contribution in [3.8, 4) is 5.75 Å². The van der Waals surface area contributed by atoms with Crippen molar-refractivity contribution >= 4 is 50.7 Å². The molecule has 2 aromatic rings. The molecule has 2 rings (SSSR count). The molecule has 0 saturated heterocycles. The zero-order valence-electron chi connectivity index (χ0n) is 22.5. The highest BCUT2D eigenvalue weighted by Gasteiger charge is 2.30. The number of rotatable bonds is 14. The highest BCUT2D eigenvalue weighted by atomic mass is 35.5. The number of carbonyl (C=O) groups excluding carboxylic acids is 2. The fourth-order valence-corrected chi connectivity index (χ4v) is 5.43. The molecule has 38 heavy (non-hydrogen) atoms. The van der Waals surface area contributed by atoms with Crippen LogP contribution in [0.1, 0.15) is 45.6 Å². The van der Waals surface area contributed by atoms with Crippen LogP contribution in [0.4, 0.5) is 5.69 Å². The van der Waals surface area contributed by atoms with Gasteiger partial charge < -0.3 is 15.0 Å². The Hall–Kier alpha value is -2.49. The third kappa shape index (κ3) is 9.06. The minimum atomic E-state index is -3.60. The highest BCUT2D eigenvalue weighted by molar-refractivity contribution is 7.92. The number of hydrogen-bond acceptors (Lipinski definition) is 5. The molecule has 0 saturated carbocycles. The number of amides is 2. The van der Waals surface area contributed by atoms with E-state index < -0.39 is 16.1 Å². The number of nitrogens with zero attached hydrogens (tertiary/aromatic N) is 2. The van der Waals surface area contributed by atoms with E-state index in [1.807, 2.05) is 20.8 Å². The monoisotopic (exact) mass is 585 g/mol. The fourth-order valence-electron chi connectivity index (χ4n) is 3.95. The molecule has 8 nitrogen and oxygen atoms in total. The second-order valence-electron chi connectivity index (χ2n) is 9.42. The summed E-state index contributed by atoms with van der Waals surface area (Å²) in [6.07, 6.45) is 1.78. The van der Waals surface area contributed by atoms with Crippen LogP contribution in [0.5, 0.6) is 5.75 Å². The summed E-state index contributed by atoms with van der Waals surface area (Å²) < 4.78 is 31.4. The quantitative estimate of drug-likeness (QED) is 0.331. The lowest BCUT2D eigenvalue weighted by molar-refractivity contribution is -0.141. The minimum absolute atomic E-state index is 0.0260. The Balaban J connectivity index is 2.26. The molecule has 2 aromatic carbocycles. The summed E-state index contributed by atoms with van der Waals surface area (Å²) >= 11 is 12.8. The Bertz CT molecular complexity index is 1170. The summed E-state index contributed by atoms with van der Waals surface area (Å²) in [6.45, 7) is 6.44. The minimum Gasteiger partial charge on any atom is -0.497 e. The molecule has 0 aliphatic carbocycles. The molecule has 0 aliphatic rings. The van der Waals surface area contributed by atoms with Crippen LogP contribution < -0.4 is 14.4 Å². The number of sulfonamides is 1. The van der Waals surface area contributed by atoms with Crippen molar-refractivity contribution < 1.29 is 22.7 Å². The van der Waals surface area contributed by atoms with Gasteiger partial charge in [-0.15, -0.1) is 0 Å². The number of hydrogen-bond donors (Lipinski definition) is 1. The summed E-state index contributed by atoms with van der Waals surface area (Å²) in [7, 11) is -2.07. The molecule has 0 unspecified atom stereocenters. The van der Waals surface area contributed by atoms with Crippen molar-refractivity contribution in [3.63, 3.8) is 0 Å². The Morgan fingerprint density at radius 2 is 1.66 bits per heavy atom. The van der Waals surface area contributed by atoms with E-state index in [0.29, 0.717) is 40.0 Å². The molecule has 0 aromatic heterocycles. The second kappa shape index (κ2) is 14.6. The van der Waals surface area contributed by atoms with Gasteiger partial charge in [-0.25, -0.2) is 8.42 Å². The number of benzene rings is 2. The van der Waals surface area contributed by atoms with Crippen molar-refractivity contribution in [1.29, 1.82) is 0 Å². The number of anilines is 1. The predicted octanol–water partition coefficient (Wildman–Crippen LogP) is 5.13. The summed E-state index contributed by atoms with van der Waals surface area (Å²) in [6, 6.07) is 11.0. The first kappa shape index (κ1) is 31.7. The van der Waals surface area contributed by atoms with Crippen LogP contribution in [0.25, 0.3) is 0 Å². The van der Waals surface area contributed by atoms with Crippen LogP contribution >= 0.6 is 23.2 Å². The van der Waals surface area contributed by atoms with Crippen LogP contribution in [0.3, 0.4) is 0 Å². The zero-order valence-corrected chi connectivity index (χ0v) is 24.9. The van der Waals surface area contributed by atoms with Crippen molar-refractivity contribution in [1.82, 2.24) is 10.2 Å². The lowest BCUT2D eigenvalue weighted by Gasteiger charge is -2.32. The lowest BCUT2D eigenvalue weighted by Crippen LogP contribution is -2.49. The largest absolute Gasteiger partial charge is 0.497 e. The number of nitrogens with one attached hydrogen (secondary N) is 1. The molecular weight excluding hydrogens is 549 g/mol. The lowest BCUT2D eigenvalue weighted by atomic mass is 10.1. The first-order valence-corrected chi connectivity index (χ1v) is 15.1. The Kier molecular flexibility index (Phi) is 12.2. The van der Waals surface area contributed by atoms with E-state index in [9.17, 15) is 18.0 Å². The van der Waals surface area contributed by atoms with Gasteiger partial charge in [-0.05, 0) is 55.2 Å². The Morgan fingerprint density at radius 1 is 1.05 bits per heavy atom. The first-order valence-electron chi connectivity index (χ1n) is 12.5. The van der Waals surface area contributed by atoms with Crippen LogP contribution in [-0.2, 0) is 26.2 Å². The van der Waals surface area contributed by atoms with Crippen molar-refractivity contribution in [2.24, 2.45) is 5.92 Å². The van der Waals surface area contributed by atoms with E-state index in [4.69, 9.17) is 27.9 Å². The summed E-state index contributed by atoms with van der Waals surface area (Å²) in [5, 5.41) is 3.71. The molecule has 0 spiro atoms. The fraction of sp³-hybridized carbons (Fsp3) is 0.481. The van der Waals surface area contributed by atoms with Gasteiger partial charge in [0.2, 0.25) is 21.8 Å². The maximum Gasteiger partial charge on any atom is 0.242 e. The second-order valence-corrected chi connectivity index (χ2v) is 12.1. The first-order chi connectivity index (χ1) is 17.9. The molecule has 1 atom stereocenters. The third-order valence-electron chi connectivity index (χ3n) is 5.97. The highest BCUT2D eigenvalue weighted by Crippen LogP contribution is 2.28. The van der Waals surface area contributed by atoms with Gasteiger partial charge in [0, 0.05) is 41.7 Å². The van der Waals surface area contributed by atoms with Gasteiger partial charge in [0.25, 0.3) is 0 Å². The molecule has 0 bridgehead atoms. The number of carbonyl (C=O) groups is 2. The Labute approximate surface area is 236 Å². The molecular formula is C27H37Cl2N3O5S. The van der Waals surface area contributed by atoms with Crippen molar-refractivity contribution in [3.05, 3.63) is 58.1 Å². The molecule has 0 aliphatic heterocycles. The molecule has 0 fully saturated rings. The van der Waals surface area contributed by atoms with Gasteiger partial charge in [-0.2, -0.15) is 0 Å². The average molecular weight is 587 g/mol. The number of ether oxygens (including phenoxy) is 1. The van der Waals surface area contributed by atoms with Gasteiger partial charge in [-0.3, -0.25) is 13.9 Å². The third-order valence-corrected chi connectivity index (χ3v) is 7.88. The smallest absolute Gasteiger partial charge is 0.242 e. The van der Waals surface area contributed by atoms with Gasteiger partial charge in [0.15, 0.2) is 0 Å². The van der Waals surface area contributed by atoms with Crippen molar-refractivity contribution in [2.45, 2.75) is 52.6 Å². The zero-order chi connectivity index (χ0) is 28.5. The molecule has 2 amide bonds. The summed E-state index contributed by atoms with van der Waals surface area (Å²) in [4.78, 5) is 28.1. The average Bonchev–Trinajstić information content (AvgIpc) is 2.86. The van der Waals surface area contributed by atoms with Crippen LogP contribution in [0.15, 0.2) is 42.5 Å². The van der Waals surface area contributed by atoms with Crippen LogP contribution in [-0.4, -0.2) is 57.6 Å². The number of halogens is 2. The summed E-state index contributed by atoms with van der Waals surface area (Å²) in [5.74, 6) is 0.301. The van der Waals surface area contributed by atoms with E-state index in [0.717, 1.165) is 6.26 Å². The van der Waals surface area contributed by atoms with E-state index in [1.54, 1.807) is 42.5 Å². The maximum absolute atomic E-state index is 13.5. The predicted molar refractivity (Wildman–Crippen MR) is 153 cm³/mol. The van der Waals surface area contributed by atoms with Crippen molar-refractivity contribution in [2.75, 3.05) is 30.8 Å². The molecule has 1 N–H and O–H groups in total. The van der Waals surface area contributed by atoms with Gasteiger partial charge in [-0.1, -0.05) is 50.0 Å². The topological polar surface area (TPSA) is 96.0 Å². The standard InChI is InChI=1S/C27H37Cl2N3O5S/c1-6-25(27(34)30-17-19(2)3)31(18-22-23(28)9-7-10-24(22)29)26(33)11-8-16-32(38(5,35)36)20-12-14-21(37-4)15-13-20/h7,9-10,12-15,19,25H,6,8,11,16-18H2,1-5H3,(H,30,34)/t25-/m0/s1. The van der Waals surface area contributed by atoms with Crippen LogP contribution in [0.2, 0.25) is 10.0 Å². The maximum atomic E-state index is 13.5. The van der Waals surface area contributed by atoms with E-state index in [1.165, 1.54) is 16.3 Å². The molecule has 210 valence electrons. The summed E-state index contributed by atoms with van der Waals surface area (Å²) in [5.41, 5.74) is 1.02. The van der Waals surface area contributed by atoms with E-state index in [2.05, 4.69) is 5.32 Å². The SMILES string of the molecule is CC[C@@H](C(=O)NCC(C)C)N(Cc1c(Cl)cccc1Cl)C(=O)CCCN(c1ccc(OC)cc1)S(C)(=O)=O. The van der Waals surface area contributed by atoms with E-state index in [-0.39, 0.29) is 43.7 Å². The van der Waals surface area contributed by atoms with Gasteiger partial charge in [0.1, 0.15) is 11.8 Å². The molecule has 0 heterocycles. The van der Waals surface area contributed by atoms with Gasteiger partial charge in [0.05, 0.1) is 19.1 Å². The number of methoxy groups -OCH3 is 1. The van der Waals surface area contributed by atoms with Crippen LogP contribution in [0, 0.1) is 5.92 Å². The normalized spacial score (nSPS) is 12.2. The molecule has 0 radical (unpaired) electrons. The molecule has 11 heteroatoms. The van der Waals surface area contributed by atoms with E-state index >= 15 is 0 Å².